The normalized spacial score (nSPS) is 12.5. The second kappa shape index (κ2) is 21.2. The molecule has 0 rings (SSSR count). The van der Waals surface area contributed by atoms with Crippen LogP contribution in [-0.4, -0.2) is 30.9 Å². The fourth-order valence-corrected chi connectivity index (χ4v) is 4.75. The number of unbranched alkanes of at least 4 members (excludes halogenated alkanes) is 15. The fraction of sp³-hybridized carbons (Fsp3) is 1.00. The van der Waals surface area contributed by atoms with Gasteiger partial charge in [-0.1, -0.05) is 103 Å². The summed E-state index contributed by atoms with van der Waals surface area (Å²) in [5, 5.41) is 0. The first-order valence-electron chi connectivity index (χ1n) is 12.8. The minimum atomic E-state index is -2.01. The van der Waals surface area contributed by atoms with E-state index in [1.165, 1.54) is 89.9 Å². The number of hydroxylamine groups is 3. The molecule has 1 atom stereocenters. The Hall–Kier alpha value is -0.0200. The molecule has 4 nitrogen and oxygen atoms in total. The third kappa shape index (κ3) is 17.4. The number of nitrogens with zero attached hydrogens (tertiary/aromatic N) is 1. The highest BCUT2D eigenvalue weighted by Gasteiger charge is 2.38. The van der Waals surface area contributed by atoms with Gasteiger partial charge < -0.3 is 0 Å². The smallest absolute Gasteiger partial charge is 0.128 e. The summed E-state index contributed by atoms with van der Waals surface area (Å²) in [5.74, 6) is 0. The van der Waals surface area contributed by atoms with E-state index in [1.54, 1.807) is 0 Å². The molecule has 0 fully saturated rings. The molecule has 0 bridgehead atoms. The van der Waals surface area contributed by atoms with Crippen molar-refractivity contribution >= 4 is 8.25 Å². The van der Waals surface area contributed by atoms with Crippen molar-refractivity contribution in [1.29, 1.82) is 0 Å². The molecule has 29 heavy (non-hydrogen) atoms. The summed E-state index contributed by atoms with van der Waals surface area (Å²) >= 11 is 0. The minimum Gasteiger partial charge on any atom is -0.128 e. The van der Waals surface area contributed by atoms with Gasteiger partial charge in [0.15, 0.2) is 0 Å². The summed E-state index contributed by atoms with van der Waals surface area (Å²) in [6.45, 7) is 11.5. The third-order valence-electron chi connectivity index (χ3n) is 6.16. The summed E-state index contributed by atoms with van der Waals surface area (Å²) in [6, 6.07) is 0. The predicted molar refractivity (Wildman–Crippen MR) is 126 cm³/mol. The van der Waals surface area contributed by atoms with Crippen LogP contribution in [-0.2, 0) is 13.7 Å². The highest BCUT2D eigenvalue weighted by Crippen LogP contribution is 2.30. The molecule has 0 aromatic rings. The van der Waals surface area contributed by atoms with Gasteiger partial charge in [-0.3, -0.25) is 0 Å². The third-order valence-corrected chi connectivity index (χ3v) is 7.04. The van der Waals surface area contributed by atoms with Gasteiger partial charge in [-0.25, -0.2) is 0 Å². The lowest BCUT2D eigenvalue weighted by molar-refractivity contribution is -1.08. The van der Waals surface area contributed by atoms with Crippen molar-refractivity contribution in [3.63, 3.8) is 0 Å². The van der Waals surface area contributed by atoms with Crippen LogP contribution in [0.3, 0.4) is 0 Å². The van der Waals surface area contributed by atoms with Gasteiger partial charge in [-0.2, -0.15) is 0 Å². The Morgan fingerprint density at radius 1 is 0.552 bits per heavy atom. The van der Waals surface area contributed by atoms with Crippen LogP contribution >= 0.6 is 8.25 Å². The second-order valence-electron chi connectivity index (χ2n) is 8.45. The van der Waals surface area contributed by atoms with Gasteiger partial charge in [0, 0.05) is 4.57 Å². The molecule has 0 aromatic heterocycles. The van der Waals surface area contributed by atoms with E-state index in [-0.39, 0.29) is 0 Å². The Labute approximate surface area is 183 Å². The molecule has 0 amide bonds. The summed E-state index contributed by atoms with van der Waals surface area (Å²) < 4.78 is 23.4. The predicted octanol–water partition coefficient (Wildman–Crippen LogP) is 8.73. The number of rotatable bonds is 23. The molecule has 0 aliphatic rings. The molecule has 0 aliphatic carbocycles. The van der Waals surface area contributed by atoms with Crippen LogP contribution in [0.15, 0.2) is 0 Å². The van der Waals surface area contributed by atoms with E-state index in [4.69, 9.17) is 9.15 Å². The summed E-state index contributed by atoms with van der Waals surface area (Å²) in [5.41, 5.74) is 0. The number of hydrogen-bond donors (Lipinski definition) is 0. The van der Waals surface area contributed by atoms with Crippen molar-refractivity contribution in [2.75, 3.05) is 26.2 Å². The van der Waals surface area contributed by atoms with Crippen LogP contribution in [0.4, 0.5) is 0 Å². The Kier molecular flexibility index (Phi) is 21.2. The van der Waals surface area contributed by atoms with Crippen molar-refractivity contribution in [3.8, 4) is 0 Å². The SMILES string of the molecule is CCCCCCCCCCCCCCCCCCO[P+](=O)O[N+](CC)(CC)CC. The highest BCUT2D eigenvalue weighted by molar-refractivity contribution is 7.33. The van der Waals surface area contributed by atoms with Gasteiger partial charge in [0.25, 0.3) is 0 Å². The maximum atomic E-state index is 12.0. The van der Waals surface area contributed by atoms with Crippen molar-refractivity contribution in [2.24, 2.45) is 0 Å². The van der Waals surface area contributed by atoms with Crippen LogP contribution in [0, 0.1) is 0 Å². The molecule has 174 valence electrons. The molecular formula is C24H52NO3P+2. The first-order valence-corrected chi connectivity index (χ1v) is 13.9. The molecule has 0 spiro atoms. The zero-order chi connectivity index (χ0) is 21.6. The summed E-state index contributed by atoms with van der Waals surface area (Å²) in [6.07, 6.45) is 21.7. The average molecular weight is 434 g/mol. The van der Waals surface area contributed by atoms with Crippen LogP contribution in [0.25, 0.3) is 0 Å². The quantitative estimate of drug-likeness (QED) is 0.0699. The van der Waals surface area contributed by atoms with Gasteiger partial charge in [0.05, 0.1) is 4.62 Å². The molecule has 0 N–H and O–H groups in total. The Balaban J connectivity index is 3.32. The van der Waals surface area contributed by atoms with Crippen molar-refractivity contribution in [1.82, 2.24) is 0 Å². The van der Waals surface area contributed by atoms with E-state index in [0.717, 1.165) is 32.5 Å². The molecular weight excluding hydrogens is 381 g/mol. The summed E-state index contributed by atoms with van der Waals surface area (Å²) in [4.78, 5) is 0. The maximum Gasteiger partial charge on any atom is 0.750 e. The van der Waals surface area contributed by atoms with Crippen LogP contribution in [0.2, 0.25) is 0 Å². The molecule has 5 heteroatoms. The van der Waals surface area contributed by atoms with Crippen LogP contribution < -0.4 is 0 Å². The first-order chi connectivity index (χ1) is 14.1. The summed E-state index contributed by atoms with van der Waals surface area (Å²) in [7, 11) is -2.01. The number of hydrogen-bond acceptors (Lipinski definition) is 3. The zero-order valence-corrected chi connectivity index (χ0v) is 21.2. The van der Waals surface area contributed by atoms with Crippen molar-refractivity contribution in [3.05, 3.63) is 0 Å². The van der Waals surface area contributed by atoms with E-state index in [1.807, 2.05) is 0 Å². The lowest BCUT2D eigenvalue weighted by atomic mass is 10.0. The highest BCUT2D eigenvalue weighted by atomic mass is 31.1. The van der Waals surface area contributed by atoms with Gasteiger partial charge >= 0.3 is 8.25 Å². The largest absolute Gasteiger partial charge is 0.750 e. The van der Waals surface area contributed by atoms with E-state index in [9.17, 15) is 4.57 Å². The van der Waals surface area contributed by atoms with Crippen LogP contribution in [0.5, 0.6) is 0 Å². The van der Waals surface area contributed by atoms with E-state index < -0.39 is 8.25 Å². The lowest BCUT2D eigenvalue weighted by Crippen LogP contribution is -2.45. The number of quaternary nitrogens is 1. The molecule has 0 heterocycles. The zero-order valence-electron chi connectivity index (χ0n) is 20.3. The monoisotopic (exact) mass is 433 g/mol. The Morgan fingerprint density at radius 3 is 1.24 bits per heavy atom. The maximum absolute atomic E-state index is 12.0. The molecule has 0 aromatic carbocycles. The molecule has 0 aliphatic heterocycles. The van der Waals surface area contributed by atoms with Gasteiger partial charge in [-0.05, 0) is 27.2 Å². The van der Waals surface area contributed by atoms with Gasteiger partial charge in [0.2, 0.25) is 0 Å². The van der Waals surface area contributed by atoms with Crippen molar-refractivity contribution < 1.29 is 18.4 Å². The van der Waals surface area contributed by atoms with E-state index >= 15 is 0 Å². The molecule has 0 saturated carbocycles. The minimum absolute atomic E-state index is 0.411. The average Bonchev–Trinajstić information content (AvgIpc) is 2.74. The van der Waals surface area contributed by atoms with Crippen LogP contribution in [0.1, 0.15) is 130 Å². The molecule has 0 radical (unpaired) electrons. The van der Waals surface area contributed by atoms with E-state index in [2.05, 4.69) is 27.7 Å². The van der Waals surface area contributed by atoms with Gasteiger partial charge in [0.1, 0.15) is 26.2 Å². The Morgan fingerprint density at radius 2 is 0.897 bits per heavy atom. The molecule has 1 unspecified atom stereocenters. The molecule has 0 saturated heterocycles. The second-order valence-corrected chi connectivity index (χ2v) is 9.32. The van der Waals surface area contributed by atoms with Gasteiger partial charge in [-0.15, -0.1) is 9.17 Å². The van der Waals surface area contributed by atoms with Crippen molar-refractivity contribution in [2.45, 2.75) is 130 Å². The fourth-order valence-electron chi connectivity index (χ4n) is 3.80. The first kappa shape index (κ1) is 29.0. The Bertz CT molecular complexity index is 354. The lowest BCUT2D eigenvalue weighted by Gasteiger charge is -2.24. The van der Waals surface area contributed by atoms with E-state index in [0.29, 0.717) is 11.3 Å². The topological polar surface area (TPSA) is 35.5 Å². The standard InChI is InChI=1S/C24H52NO3P/c1-5-9-10-11-12-13-14-15-16-17-18-19-20-21-22-23-24-27-29(26)28-25(6-2,7-3)8-4/h5-24H2,1-4H3/q+2.